The highest BCUT2D eigenvalue weighted by atomic mass is 19.1. The van der Waals surface area contributed by atoms with Crippen LogP contribution in [0.4, 0.5) is 4.39 Å². The van der Waals surface area contributed by atoms with Crippen molar-refractivity contribution in [2.24, 2.45) is 5.41 Å². The van der Waals surface area contributed by atoms with Gasteiger partial charge in [0.15, 0.2) is 0 Å². The van der Waals surface area contributed by atoms with Gasteiger partial charge in [-0.05, 0) is 39.3 Å². The van der Waals surface area contributed by atoms with Gasteiger partial charge >= 0.3 is 5.97 Å². The lowest BCUT2D eigenvalue weighted by Crippen LogP contribution is -2.46. The standard InChI is InChI=1S/C15H20FNO2/c1-11(12-6-3-4-7-13(12)16)17-9-5-8-15(2,10-17)14(18)19/h3-4,6-7,11H,5,8-10H2,1-2H3,(H,18,19). The Bertz CT molecular complexity index is 477. The van der Waals surface area contributed by atoms with Crippen molar-refractivity contribution in [1.82, 2.24) is 4.90 Å². The Labute approximate surface area is 113 Å². The summed E-state index contributed by atoms with van der Waals surface area (Å²) in [5, 5.41) is 9.32. The van der Waals surface area contributed by atoms with E-state index in [9.17, 15) is 14.3 Å². The van der Waals surface area contributed by atoms with Crippen molar-refractivity contribution >= 4 is 5.97 Å². The average molecular weight is 265 g/mol. The second-order valence-electron chi connectivity index (χ2n) is 5.64. The number of piperidine rings is 1. The van der Waals surface area contributed by atoms with Crippen LogP contribution in [0.15, 0.2) is 24.3 Å². The van der Waals surface area contributed by atoms with E-state index in [4.69, 9.17) is 0 Å². The van der Waals surface area contributed by atoms with E-state index in [0.717, 1.165) is 13.0 Å². The molecule has 1 fully saturated rings. The van der Waals surface area contributed by atoms with Gasteiger partial charge in [-0.15, -0.1) is 0 Å². The molecule has 104 valence electrons. The number of halogens is 1. The number of hydrogen-bond donors (Lipinski definition) is 1. The normalized spacial score (nSPS) is 26.1. The molecule has 1 aliphatic rings. The van der Waals surface area contributed by atoms with E-state index in [2.05, 4.69) is 4.90 Å². The second-order valence-corrected chi connectivity index (χ2v) is 5.64. The first-order valence-electron chi connectivity index (χ1n) is 6.66. The maximum Gasteiger partial charge on any atom is 0.310 e. The fourth-order valence-corrected chi connectivity index (χ4v) is 2.79. The van der Waals surface area contributed by atoms with Gasteiger partial charge in [0, 0.05) is 18.2 Å². The molecule has 19 heavy (non-hydrogen) atoms. The van der Waals surface area contributed by atoms with Gasteiger partial charge in [-0.1, -0.05) is 18.2 Å². The molecule has 0 aliphatic carbocycles. The number of likely N-dealkylation sites (tertiary alicyclic amines) is 1. The van der Waals surface area contributed by atoms with Gasteiger partial charge in [0.05, 0.1) is 5.41 Å². The molecule has 2 unspecified atom stereocenters. The van der Waals surface area contributed by atoms with Crippen molar-refractivity contribution in [1.29, 1.82) is 0 Å². The fourth-order valence-electron chi connectivity index (χ4n) is 2.79. The number of aliphatic carboxylic acids is 1. The van der Waals surface area contributed by atoms with Crippen molar-refractivity contribution in [2.45, 2.75) is 32.7 Å². The highest BCUT2D eigenvalue weighted by Gasteiger charge is 2.39. The molecule has 1 aliphatic heterocycles. The molecule has 1 saturated heterocycles. The minimum Gasteiger partial charge on any atom is -0.481 e. The summed E-state index contributed by atoms with van der Waals surface area (Å²) in [6, 6.07) is 6.61. The maximum atomic E-state index is 13.8. The Morgan fingerprint density at radius 3 is 2.79 bits per heavy atom. The number of carboxylic acids is 1. The van der Waals surface area contributed by atoms with Gasteiger partial charge in [0.25, 0.3) is 0 Å². The largest absolute Gasteiger partial charge is 0.481 e. The number of rotatable bonds is 3. The van der Waals surface area contributed by atoms with Crippen LogP contribution in [-0.2, 0) is 4.79 Å². The third-order valence-corrected chi connectivity index (χ3v) is 4.15. The summed E-state index contributed by atoms with van der Waals surface area (Å²) < 4.78 is 13.8. The summed E-state index contributed by atoms with van der Waals surface area (Å²) in [6.45, 7) is 5.00. The third kappa shape index (κ3) is 2.78. The van der Waals surface area contributed by atoms with Crippen LogP contribution in [0.5, 0.6) is 0 Å². The minimum atomic E-state index is -0.766. The molecule has 0 aromatic heterocycles. The van der Waals surface area contributed by atoms with E-state index >= 15 is 0 Å². The number of nitrogens with zero attached hydrogens (tertiary/aromatic N) is 1. The Morgan fingerprint density at radius 2 is 2.16 bits per heavy atom. The summed E-state index contributed by atoms with van der Waals surface area (Å²) >= 11 is 0. The van der Waals surface area contributed by atoms with Gasteiger partial charge in [-0.2, -0.15) is 0 Å². The molecule has 1 aromatic carbocycles. The van der Waals surface area contributed by atoms with Crippen molar-refractivity contribution in [3.05, 3.63) is 35.6 Å². The molecule has 2 rings (SSSR count). The molecule has 2 atom stereocenters. The lowest BCUT2D eigenvalue weighted by Gasteiger charge is -2.40. The summed E-state index contributed by atoms with van der Waals surface area (Å²) in [5.74, 6) is -0.990. The van der Waals surface area contributed by atoms with E-state index in [1.165, 1.54) is 6.07 Å². The first kappa shape index (κ1) is 14.0. The van der Waals surface area contributed by atoms with Crippen molar-refractivity contribution in [2.75, 3.05) is 13.1 Å². The highest BCUT2D eigenvalue weighted by molar-refractivity contribution is 5.74. The van der Waals surface area contributed by atoms with Crippen LogP contribution in [0.25, 0.3) is 0 Å². The fraction of sp³-hybridized carbons (Fsp3) is 0.533. The lowest BCUT2D eigenvalue weighted by atomic mass is 9.81. The van der Waals surface area contributed by atoms with E-state index in [0.29, 0.717) is 18.5 Å². The van der Waals surface area contributed by atoms with Gasteiger partial charge in [-0.3, -0.25) is 9.69 Å². The first-order chi connectivity index (χ1) is 8.94. The Morgan fingerprint density at radius 1 is 1.47 bits per heavy atom. The summed E-state index contributed by atoms with van der Waals surface area (Å²) in [5.41, 5.74) is -0.0882. The van der Waals surface area contributed by atoms with Crippen molar-refractivity contribution in [3.63, 3.8) is 0 Å². The molecular formula is C15H20FNO2. The number of benzene rings is 1. The average Bonchev–Trinajstić information content (AvgIpc) is 2.38. The molecule has 1 N–H and O–H groups in total. The Balaban J connectivity index is 2.18. The van der Waals surface area contributed by atoms with E-state index in [1.54, 1.807) is 19.1 Å². The van der Waals surface area contributed by atoms with Crippen LogP contribution in [0, 0.1) is 11.2 Å². The van der Waals surface area contributed by atoms with Crippen LogP contribution in [0.2, 0.25) is 0 Å². The van der Waals surface area contributed by atoms with Gasteiger partial charge in [0.2, 0.25) is 0 Å². The van der Waals surface area contributed by atoms with Crippen molar-refractivity contribution in [3.8, 4) is 0 Å². The van der Waals surface area contributed by atoms with Gasteiger partial charge in [0.1, 0.15) is 5.82 Å². The molecular weight excluding hydrogens is 245 g/mol. The molecule has 4 heteroatoms. The van der Waals surface area contributed by atoms with Crippen LogP contribution in [-0.4, -0.2) is 29.1 Å². The first-order valence-corrected chi connectivity index (χ1v) is 6.66. The zero-order valence-corrected chi connectivity index (χ0v) is 11.4. The van der Waals surface area contributed by atoms with Crippen LogP contribution in [0.3, 0.4) is 0 Å². The molecule has 0 spiro atoms. The van der Waals surface area contributed by atoms with E-state index in [-0.39, 0.29) is 11.9 Å². The van der Waals surface area contributed by atoms with E-state index in [1.807, 2.05) is 13.0 Å². The smallest absolute Gasteiger partial charge is 0.310 e. The maximum absolute atomic E-state index is 13.8. The zero-order chi connectivity index (χ0) is 14.0. The zero-order valence-electron chi connectivity index (χ0n) is 11.4. The quantitative estimate of drug-likeness (QED) is 0.913. The lowest BCUT2D eigenvalue weighted by molar-refractivity contribution is -0.151. The Hall–Kier alpha value is -1.42. The highest BCUT2D eigenvalue weighted by Crippen LogP contribution is 2.34. The SMILES string of the molecule is CC(c1ccccc1F)N1CCCC(C)(C(=O)O)C1. The van der Waals surface area contributed by atoms with Crippen LogP contribution in [0.1, 0.15) is 38.3 Å². The second kappa shape index (κ2) is 5.29. The predicted octanol–water partition coefficient (Wildman–Crippen LogP) is 3.07. The third-order valence-electron chi connectivity index (χ3n) is 4.15. The molecule has 1 heterocycles. The van der Waals surface area contributed by atoms with Crippen LogP contribution >= 0.6 is 0 Å². The molecule has 3 nitrogen and oxygen atoms in total. The number of carboxylic acid groups (broad SMARTS) is 1. The number of hydrogen-bond acceptors (Lipinski definition) is 2. The summed E-state index contributed by atoms with van der Waals surface area (Å²) in [7, 11) is 0. The van der Waals surface area contributed by atoms with E-state index < -0.39 is 11.4 Å². The predicted molar refractivity (Wildman–Crippen MR) is 71.4 cm³/mol. The van der Waals surface area contributed by atoms with Gasteiger partial charge in [-0.25, -0.2) is 4.39 Å². The summed E-state index contributed by atoms with van der Waals surface area (Å²) in [6.07, 6.45) is 1.52. The molecule has 0 bridgehead atoms. The van der Waals surface area contributed by atoms with Gasteiger partial charge < -0.3 is 5.11 Å². The molecule has 0 amide bonds. The molecule has 1 aromatic rings. The van der Waals surface area contributed by atoms with Crippen LogP contribution < -0.4 is 0 Å². The number of carbonyl (C=O) groups is 1. The topological polar surface area (TPSA) is 40.5 Å². The monoisotopic (exact) mass is 265 g/mol. The van der Waals surface area contributed by atoms with Crippen molar-refractivity contribution < 1.29 is 14.3 Å². The summed E-state index contributed by atoms with van der Waals surface area (Å²) in [4.78, 5) is 13.4. The molecule has 0 saturated carbocycles. The Kier molecular flexibility index (Phi) is 3.90. The minimum absolute atomic E-state index is 0.0971. The molecule has 0 radical (unpaired) electrons.